The molecular formula is C10H20N2OS. The van der Waals surface area contributed by atoms with Gasteiger partial charge in [-0.2, -0.15) is 0 Å². The highest BCUT2D eigenvalue weighted by Gasteiger charge is 2.17. The van der Waals surface area contributed by atoms with Crippen molar-refractivity contribution in [2.45, 2.75) is 32.6 Å². The number of hydrogen-bond donors (Lipinski definition) is 1. The Morgan fingerprint density at radius 3 is 2.71 bits per heavy atom. The van der Waals surface area contributed by atoms with Gasteiger partial charge in [0.1, 0.15) is 0 Å². The molecule has 0 radical (unpaired) electrons. The minimum absolute atomic E-state index is 0.505. The monoisotopic (exact) mass is 216 g/mol. The second kappa shape index (κ2) is 6.17. The molecule has 0 bridgehead atoms. The van der Waals surface area contributed by atoms with Crippen molar-refractivity contribution in [1.82, 2.24) is 0 Å². The van der Waals surface area contributed by atoms with Gasteiger partial charge in [0.05, 0.1) is 12.4 Å². The van der Waals surface area contributed by atoms with E-state index in [1.54, 1.807) is 0 Å². The fourth-order valence-electron chi connectivity index (χ4n) is 1.77. The van der Waals surface area contributed by atoms with Crippen molar-refractivity contribution in [1.29, 1.82) is 0 Å². The largest absolute Gasteiger partial charge is 0.387 e. The van der Waals surface area contributed by atoms with Crippen LogP contribution in [0.15, 0.2) is 4.99 Å². The molecule has 4 heteroatoms. The lowest BCUT2D eigenvalue weighted by Gasteiger charge is -2.07. The molecule has 1 atom stereocenters. The van der Waals surface area contributed by atoms with Crippen molar-refractivity contribution in [3.05, 3.63) is 0 Å². The fourth-order valence-corrected chi connectivity index (χ4v) is 2.36. The van der Waals surface area contributed by atoms with Crippen LogP contribution in [0.3, 0.4) is 0 Å². The highest BCUT2D eigenvalue weighted by Crippen LogP contribution is 2.24. The van der Waals surface area contributed by atoms with Gasteiger partial charge in [-0.05, 0) is 12.8 Å². The van der Waals surface area contributed by atoms with Crippen LogP contribution < -0.4 is 5.73 Å². The van der Waals surface area contributed by atoms with Gasteiger partial charge < -0.3 is 5.73 Å². The predicted molar refractivity (Wildman–Crippen MR) is 62.0 cm³/mol. The van der Waals surface area contributed by atoms with E-state index in [2.05, 4.69) is 4.99 Å². The molecule has 0 aromatic heterocycles. The number of nitrogens with two attached hydrogens (primary N) is 1. The summed E-state index contributed by atoms with van der Waals surface area (Å²) in [6, 6.07) is 0. The molecule has 2 N–H and O–H groups in total. The fraction of sp³-hybridized carbons (Fsp3) is 0.900. The van der Waals surface area contributed by atoms with Gasteiger partial charge in [-0.25, -0.2) is 0 Å². The SMILES string of the molecule is CCS(=O)CCN=C(N)C1CCCC1. The summed E-state index contributed by atoms with van der Waals surface area (Å²) >= 11 is 0. The minimum atomic E-state index is -0.708. The number of amidine groups is 1. The van der Waals surface area contributed by atoms with E-state index >= 15 is 0 Å². The third-order valence-corrected chi connectivity index (χ3v) is 3.99. The predicted octanol–water partition coefficient (Wildman–Crippen LogP) is 1.30. The molecule has 0 heterocycles. The van der Waals surface area contributed by atoms with Crippen molar-refractivity contribution in [3.8, 4) is 0 Å². The lowest BCUT2D eigenvalue weighted by molar-refractivity contribution is 0.683. The zero-order valence-corrected chi connectivity index (χ0v) is 9.68. The van der Waals surface area contributed by atoms with E-state index in [4.69, 9.17) is 5.73 Å². The average Bonchev–Trinajstić information content (AvgIpc) is 2.70. The van der Waals surface area contributed by atoms with Crippen LogP contribution in [-0.4, -0.2) is 28.1 Å². The molecule has 14 heavy (non-hydrogen) atoms. The zero-order valence-electron chi connectivity index (χ0n) is 8.87. The minimum Gasteiger partial charge on any atom is -0.387 e. The van der Waals surface area contributed by atoms with Crippen molar-refractivity contribution >= 4 is 16.6 Å². The lowest BCUT2D eigenvalue weighted by atomic mass is 10.1. The molecule has 1 unspecified atom stereocenters. The molecule has 0 saturated heterocycles. The van der Waals surface area contributed by atoms with Gasteiger partial charge in [0.25, 0.3) is 0 Å². The second-order valence-electron chi connectivity index (χ2n) is 3.72. The molecule has 1 aliphatic carbocycles. The summed E-state index contributed by atoms with van der Waals surface area (Å²) in [5.74, 6) is 2.67. The molecule has 0 amide bonds. The summed E-state index contributed by atoms with van der Waals surface area (Å²) in [5, 5.41) is 0. The van der Waals surface area contributed by atoms with Crippen LogP contribution in [0.1, 0.15) is 32.6 Å². The molecule has 1 aliphatic rings. The van der Waals surface area contributed by atoms with E-state index in [0.717, 1.165) is 11.6 Å². The van der Waals surface area contributed by atoms with Gasteiger partial charge in [-0.15, -0.1) is 0 Å². The van der Waals surface area contributed by atoms with Crippen LogP contribution in [0.25, 0.3) is 0 Å². The highest BCUT2D eigenvalue weighted by atomic mass is 32.2. The van der Waals surface area contributed by atoms with Crippen LogP contribution in [0.2, 0.25) is 0 Å². The molecule has 0 aromatic carbocycles. The van der Waals surface area contributed by atoms with E-state index in [-0.39, 0.29) is 0 Å². The first-order chi connectivity index (χ1) is 6.74. The summed E-state index contributed by atoms with van der Waals surface area (Å²) in [7, 11) is -0.708. The standard InChI is InChI=1S/C10H20N2OS/c1-2-14(13)8-7-12-10(11)9-5-3-4-6-9/h9H,2-8H2,1H3,(H2,11,12). The van der Waals surface area contributed by atoms with Crippen molar-refractivity contribution in [2.24, 2.45) is 16.6 Å². The summed E-state index contributed by atoms with van der Waals surface area (Å²) in [5.41, 5.74) is 5.86. The van der Waals surface area contributed by atoms with E-state index in [0.29, 0.717) is 18.2 Å². The quantitative estimate of drug-likeness (QED) is 0.556. The number of hydrogen-bond acceptors (Lipinski definition) is 2. The number of rotatable bonds is 5. The van der Waals surface area contributed by atoms with Gasteiger partial charge in [-0.3, -0.25) is 9.20 Å². The Labute approximate surface area is 88.6 Å². The molecule has 0 aliphatic heterocycles. The highest BCUT2D eigenvalue weighted by molar-refractivity contribution is 7.84. The Morgan fingerprint density at radius 1 is 1.50 bits per heavy atom. The third-order valence-electron chi connectivity index (χ3n) is 2.71. The Morgan fingerprint density at radius 2 is 2.14 bits per heavy atom. The van der Waals surface area contributed by atoms with Crippen LogP contribution in [0, 0.1) is 5.92 Å². The van der Waals surface area contributed by atoms with Gasteiger partial charge >= 0.3 is 0 Å². The maximum absolute atomic E-state index is 11.1. The molecule has 1 saturated carbocycles. The normalized spacial score (nSPS) is 21.4. The van der Waals surface area contributed by atoms with Gasteiger partial charge in [0.15, 0.2) is 0 Å². The number of nitrogens with zero attached hydrogens (tertiary/aromatic N) is 1. The first kappa shape index (κ1) is 11.7. The Hall–Kier alpha value is -0.380. The molecule has 1 fully saturated rings. The van der Waals surface area contributed by atoms with Gasteiger partial charge in [0, 0.05) is 28.2 Å². The molecule has 3 nitrogen and oxygen atoms in total. The molecule has 0 spiro atoms. The van der Waals surface area contributed by atoms with Crippen molar-refractivity contribution in [3.63, 3.8) is 0 Å². The first-order valence-corrected chi connectivity index (χ1v) is 6.87. The Bertz CT molecular complexity index is 222. The first-order valence-electron chi connectivity index (χ1n) is 5.38. The zero-order chi connectivity index (χ0) is 10.4. The summed E-state index contributed by atoms with van der Waals surface area (Å²) in [4.78, 5) is 4.30. The summed E-state index contributed by atoms with van der Waals surface area (Å²) < 4.78 is 11.1. The Balaban J connectivity index is 2.25. The second-order valence-corrected chi connectivity index (χ2v) is 5.59. The maximum Gasteiger partial charge on any atom is 0.0968 e. The smallest absolute Gasteiger partial charge is 0.0968 e. The van der Waals surface area contributed by atoms with Crippen LogP contribution >= 0.6 is 0 Å². The van der Waals surface area contributed by atoms with E-state index < -0.39 is 10.8 Å². The summed E-state index contributed by atoms with van der Waals surface area (Å²) in [6.07, 6.45) is 4.93. The lowest BCUT2D eigenvalue weighted by Crippen LogP contribution is -2.22. The maximum atomic E-state index is 11.1. The molecule has 1 rings (SSSR count). The van der Waals surface area contributed by atoms with Crippen LogP contribution in [0.4, 0.5) is 0 Å². The molecule has 0 aromatic rings. The van der Waals surface area contributed by atoms with E-state index in [1.807, 2.05) is 6.92 Å². The van der Waals surface area contributed by atoms with Gasteiger partial charge in [-0.1, -0.05) is 19.8 Å². The van der Waals surface area contributed by atoms with Crippen LogP contribution in [0.5, 0.6) is 0 Å². The van der Waals surface area contributed by atoms with E-state index in [9.17, 15) is 4.21 Å². The molecular weight excluding hydrogens is 196 g/mol. The van der Waals surface area contributed by atoms with Gasteiger partial charge in [0.2, 0.25) is 0 Å². The summed E-state index contributed by atoms with van der Waals surface area (Å²) in [6.45, 7) is 2.56. The average molecular weight is 216 g/mol. The number of aliphatic imine (C=N–C) groups is 1. The van der Waals surface area contributed by atoms with E-state index in [1.165, 1.54) is 25.7 Å². The topological polar surface area (TPSA) is 55.5 Å². The van der Waals surface area contributed by atoms with Crippen molar-refractivity contribution < 1.29 is 4.21 Å². The molecule has 82 valence electrons. The van der Waals surface area contributed by atoms with Crippen molar-refractivity contribution in [2.75, 3.05) is 18.1 Å². The Kier molecular flexibility index (Phi) is 5.15. The third kappa shape index (κ3) is 3.78. The van der Waals surface area contributed by atoms with Crippen LogP contribution in [-0.2, 0) is 10.8 Å².